The Morgan fingerprint density at radius 3 is 2.20 bits per heavy atom. The predicted octanol–water partition coefficient (Wildman–Crippen LogP) is 2.96. The zero-order valence-corrected chi connectivity index (χ0v) is 18.8. The molecule has 1 aromatic carbocycles. The van der Waals surface area contributed by atoms with Gasteiger partial charge in [-0.15, -0.1) is 0 Å². The van der Waals surface area contributed by atoms with Gasteiger partial charge in [0, 0.05) is 19.1 Å². The van der Waals surface area contributed by atoms with Crippen molar-refractivity contribution in [1.29, 1.82) is 0 Å². The highest BCUT2D eigenvalue weighted by atomic mass is 32.2. The van der Waals surface area contributed by atoms with Crippen molar-refractivity contribution in [3.63, 3.8) is 0 Å². The van der Waals surface area contributed by atoms with Crippen LogP contribution >= 0.6 is 0 Å². The molecule has 0 bridgehead atoms. The summed E-state index contributed by atoms with van der Waals surface area (Å²) >= 11 is 0. The van der Waals surface area contributed by atoms with Crippen molar-refractivity contribution >= 4 is 21.9 Å². The zero-order valence-electron chi connectivity index (χ0n) is 18.0. The van der Waals surface area contributed by atoms with Crippen LogP contribution in [0.25, 0.3) is 0 Å². The first-order valence-corrected chi connectivity index (χ1v) is 12.2. The van der Waals surface area contributed by atoms with E-state index in [0.29, 0.717) is 24.9 Å². The number of carbonyl (C=O) groups is 2. The number of hydrogen-bond donors (Lipinski definition) is 1. The van der Waals surface area contributed by atoms with Crippen molar-refractivity contribution in [3.8, 4) is 0 Å². The van der Waals surface area contributed by atoms with Gasteiger partial charge >= 0.3 is 5.97 Å². The number of sulfonamides is 1. The number of carbonyl (C=O) groups excluding carboxylic acids is 2. The molecule has 8 heteroatoms. The summed E-state index contributed by atoms with van der Waals surface area (Å²) in [6.07, 6.45) is 4.22. The molecule has 0 unspecified atom stereocenters. The highest BCUT2D eigenvalue weighted by Crippen LogP contribution is 2.27. The molecule has 7 nitrogen and oxygen atoms in total. The van der Waals surface area contributed by atoms with E-state index in [9.17, 15) is 18.0 Å². The van der Waals surface area contributed by atoms with E-state index >= 15 is 0 Å². The van der Waals surface area contributed by atoms with E-state index < -0.39 is 22.1 Å². The molecule has 1 saturated heterocycles. The Morgan fingerprint density at radius 1 is 1.07 bits per heavy atom. The minimum absolute atomic E-state index is 0.156. The lowest BCUT2D eigenvalue weighted by Crippen LogP contribution is -2.42. The first-order valence-electron chi connectivity index (χ1n) is 10.8. The average molecular weight is 437 g/mol. The van der Waals surface area contributed by atoms with Gasteiger partial charge in [0.25, 0.3) is 5.91 Å². The van der Waals surface area contributed by atoms with Crippen LogP contribution in [0.5, 0.6) is 0 Å². The van der Waals surface area contributed by atoms with Gasteiger partial charge < -0.3 is 10.1 Å². The second-order valence-corrected chi connectivity index (χ2v) is 10.8. The third kappa shape index (κ3) is 5.40. The maximum Gasteiger partial charge on any atom is 0.338 e. The molecule has 3 atom stereocenters. The minimum Gasteiger partial charge on any atom is -0.449 e. The van der Waals surface area contributed by atoms with Crippen LogP contribution in [0.4, 0.5) is 0 Å². The van der Waals surface area contributed by atoms with Gasteiger partial charge in [-0.3, -0.25) is 4.79 Å². The lowest BCUT2D eigenvalue weighted by Gasteiger charge is -2.34. The summed E-state index contributed by atoms with van der Waals surface area (Å²) in [6.45, 7) is 6.66. The lowest BCUT2D eigenvalue weighted by molar-refractivity contribution is -0.129. The van der Waals surface area contributed by atoms with Crippen molar-refractivity contribution in [2.45, 2.75) is 69.9 Å². The van der Waals surface area contributed by atoms with Gasteiger partial charge in [0.1, 0.15) is 0 Å². The molecule has 1 N–H and O–H groups in total. The Hall–Kier alpha value is -1.93. The van der Waals surface area contributed by atoms with Crippen LogP contribution in [-0.4, -0.2) is 49.8 Å². The Balaban J connectivity index is 1.61. The molecule has 1 heterocycles. The highest BCUT2D eigenvalue weighted by Gasteiger charge is 2.32. The largest absolute Gasteiger partial charge is 0.449 e. The highest BCUT2D eigenvalue weighted by molar-refractivity contribution is 7.89. The Kier molecular flexibility index (Phi) is 7.18. The van der Waals surface area contributed by atoms with Crippen LogP contribution < -0.4 is 5.32 Å². The van der Waals surface area contributed by atoms with Gasteiger partial charge in [-0.1, -0.05) is 26.7 Å². The van der Waals surface area contributed by atoms with E-state index in [1.807, 2.05) is 0 Å². The molecule has 166 valence electrons. The first-order chi connectivity index (χ1) is 14.2. The summed E-state index contributed by atoms with van der Waals surface area (Å²) in [5.41, 5.74) is 0.217. The number of esters is 1. The van der Waals surface area contributed by atoms with Crippen LogP contribution in [0.3, 0.4) is 0 Å². The summed E-state index contributed by atoms with van der Waals surface area (Å²) < 4.78 is 32.7. The van der Waals surface area contributed by atoms with E-state index in [1.54, 1.807) is 6.92 Å². The summed E-state index contributed by atoms with van der Waals surface area (Å²) in [6, 6.07) is 5.89. The summed E-state index contributed by atoms with van der Waals surface area (Å²) in [5, 5.41) is 2.91. The standard InChI is InChI=1S/C22H32N2O5S/c1-15-12-16(2)14-24(13-15)30(27,28)20-10-8-18(9-11-20)22(26)29-17(3)21(25)23-19-6-4-5-7-19/h8-11,15-17,19H,4-7,12-14H2,1-3H3,(H,23,25)/t15-,16-,17+/m1/s1. The monoisotopic (exact) mass is 436 g/mol. The van der Waals surface area contributed by atoms with Gasteiger partial charge in [0.15, 0.2) is 6.10 Å². The fourth-order valence-electron chi connectivity index (χ4n) is 4.38. The molecule has 1 aliphatic carbocycles. The molecular weight excluding hydrogens is 404 g/mol. The molecule has 1 saturated carbocycles. The smallest absolute Gasteiger partial charge is 0.338 e. The minimum atomic E-state index is -3.60. The predicted molar refractivity (Wildman–Crippen MR) is 113 cm³/mol. The fraction of sp³-hybridized carbons (Fsp3) is 0.636. The molecule has 0 spiro atoms. The lowest BCUT2D eigenvalue weighted by atomic mass is 9.94. The average Bonchev–Trinajstić information content (AvgIpc) is 3.20. The van der Waals surface area contributed by atoms with Crippen molar-refractivity contribution in [3.05, 3.63) is 29.8 Å². The molecule has 30 heavy (non-hydrogen) atoms. The number of ether oxygens (including phenoxy) is 1. The Bertz CT molecular complexity index is 852. The molecule has 0 aromatic heterocycles. The van der Waals surface area contributed by atoms with Crippen molar-refractivity contribution < 1.29 is 22.7 Å². The van der Waals surface area contributed by atoms with Gasteiger partial charge in [-0.2, -0.15) is 4.31 Å². The van der Waals surface area contributed by atoms with Crippen LogP contribution in [-0.2, 0) is 19.6 Å². The van der Waals surface area contributed by atoms with E-state index in [0.717, 1.165) is 32.1 Å². The normalized spacial score (nSPS) is 24.4. The van der Waals surface area contributed by atoms with Crippen LogP contribution in [0.15, 0.2) is 29.2 Å². The number of nitrogens with one attached hydrogen (secondary N) is 1. The zero-order chi connectivity index (χ0) is 21.9. The van der Waals surface area contributed by atoms with Gasteiger partial charge in [0.2, 0.25) is 10.0 Å². The van der Waals surface area contributed by atoms with Crippen LogP contribution in [0.2, 0.25) is 0 Å². The SMILES string of the molecule is C[C@@H]1C[C@@H](C)CN(S(=O)(=O)c2ccc(C(=O)O[C@@H](C)C(=O)NC3CCCC3)cc2)C1. The third-order valence-corrected chi connectivity index (χ3v) is 7.76. The van der Waals surface area contributed by atoms with Crippen LogP contribution in [0, 0.1) is 11.8 Å². The van der Waals surface area contributed by atoms with Crippen LogP contribution in [0.1, 0.15) is 63.2 Å². The molecule has 1 aromatic rings. The summed E-state index contributed by atoms with van der Waals surface area (Å²) in [5.74, 6) is -0.319. The van der Waals surface area contributed by atoms with Gasteiger partial charge in [-0.05, 0) is 62.3 Å². The van der Waals surface area contributed by atoms with Gasteiger partial charge in [-0.25, -0.2) is 13.2 Å². The molecule has 2 aliphatic rings. The van der Waals surface area contributed by atoms with Crippen molar-refractivity contribution in [2.24, 2.45) is 11.8 Å². The van der Waals surface area contributed by atoms with Gasteiger partial charge in [0.05, 0.1) is 10.5 Å². The third-order valence-electron chi connectivity index (χ3n) is 5.92. The maximum absolute atomic E-state index is 12.9. The number of hydrogen-bond acceptors (Lipinski definition) is 5. The molecule has 2 fully saturated rings. The molecule has 1 aliphatic heterocycles. The first kappa shape index (κ1) is 22.7. The van der Waals surface area contributed by atoms with E-state index in [-0.39, 0.29) is 22.4 Å². The molecule has 1 amide bonds. The number of rotatable bonds is 6. The van der Waals surface area contributed by atoms with E-state index in [4.69, 9.17) is 4.74 Å². The quantitative estimate of drug-likeness (QED) is 0.692. The second-order valence-electron chi connectivity index (χ2n) is 8.83. The van der Waals surface area contributed by atoms with E-state index in [1.165, 1.54) is 28.6 Å². The van der Waals surface area contributed by atoms with Crippen molar-refractivity contribution in [1.82, 2.24) is 9.62 Å². The van der Waals surface area contributed by atoms with Crippen molar-refractivity contribution in [2.75, 3.05) is 13.1 Å². The Labute approximate surface area is 179 Å². The summed E-state index contributed by atoms with van der Waals surface area (Å²) in [4.78, 5) is 24.7. The maximum atomic E-state index is 12.9. The molecular formula is C22H32N2O5S. The second kappa shape index (κ2) is 9.47. The number of amides is 1. The Morgan fingerprint density at radius 2 is 1.63 bits per heavy atom. The topological polar surface area (TPSA) is 92.8 Å². The number of nitrogens with zero attached hydrogens (tertiary/aromatic N) is 1. The number of piperidine rings is 1. The molecule has 0 radical (unpaired) electrons. The summed E-state index contributed by atoms with van der Waals surface area (Å²) in [7, 11) is -3.60. The van der Waals surface area contributed by atoms with E-state index in [2.05, 4.69) is 19.2 Å². The molecule has 3 rings (SSSR count). The number of benzene rings is 1. The fourth-order valence-corrected chi connectivity index (χ4v) is 6.06.